The molecule has 0 atom stereocenters. The lowest BCUT2D eigenvalue weighted by Crippen LogP contribution is -2.59. The Hall–Kier alpha value is -10.4. The molecule has 0 saturated heterocycles. The molecule has 0 fully saturated rings. The van der Waals surface area contributed by atoms with Crippen molar-refractivity contribution in [2.45, 2.75) is 164 Å². The fraction of sp³-hybridized carbons (Fsp3) is 0.524. The third-order valence-electron chi connectivity index (χ3n) is 16.7. The number of carbonyl (C=O) groups is 12. The zero-order valence-electron chi connectivity index (χ0n) is 62.6. The number of nitrogens with one attached hydrogen (secondary N) is 5. The SMILES string of the molecule is C.C.C.C.C.CNC(=O)CCOCC(COCCC(=O)NC)(COCCC(=O)NC)NC(=O)CCOCCCC(=O)CCC(=O)N1Cc2ccccc2C#Cc2ccccc21.F.O=C(O)CCOCC(COCCC(=O)O)(COCCC(=O)O)NC(=O)CCOCCCC(=O)CCC(=O)N1Cc2ccccc2C#Cc2ccccc21. The third-order valence-corrected chi connectivity index (χ3v) is 16.7. The molecule has 2 aliphatic heterocycles. The van der Waals surface area contributed by atoms with Gasteiger partial charge in [0.05, 0.1) is 136 Å². The zero-order chi connectivity index (χ0) is 79.1. The van der Waals surface area contributed by atoms with Crippen molar-refractivity contribution < 1.29 is 115 Å². The zero-order valence-corrected chi connectivity index (χ0v) is 62.6. The molecule has 8 N–H and O–H groups in total. The maximum absolute atomic E-state index is 13.4. The number of benzene rings is 4. The van der Waals surface area contributed by atoms with E-state index in [4.69, 9.17) is 53.2 Å². The van der Waals surface area contributed by atoms with Gasteiger partial charge in [0.25, 0.3) is 0 Å². The lowest BCUT2D eigenvalue weighted by molar-refractivity contribution is -0.140. The molecule has 30 nitrogen and oxygen atoms in total. The van der Waals surface area contributed by atoms with Crippen molar-refractivity contribution in [2.75, 3.05) is 137 Å². The molecule has 0 bridgehead atoms. The van der Waals surface area contributed by atoms with Gasteiger partial charge in [-0.05, 0) is 60.4 Å². The van der Waals surface area contributed by atoms with E-state index in [-0.39, 0.29) is 279 Å². The monoisotopic (exact) mass is 1620 g/mol. The van der Waals surface area contributed by atoms with Gasteiger partial charge in [0, 0.05) is 127 Å². The van der Waals surface area contributed by atoms with Crippen molar-refractivity contribution in [3.63, 3.8) is 0 Å². The van der Waals surface area contributed by atoms with Crippen molar-refractivity contribution in [1.29, 1.82) is 0 Å². The highest BCUT2D eigenvalue weighted by Gasteiger charge is 2.36. The Kier molecular flexibility index (Phi) is 55.9. The summed E-state index contributed by atoms with van der Waals surface area (Å²) in [5.74, 6) is 7.37. The van der Waals surface area contributed by atoms with Crippen LogP contribution in [0, 0.1) is 23.7 Å². The summed E-state index contributed by atoms with van der Waals surface area (Å²) >= 11 is 0. The van der Waals surface area contributed by atoms with Crippen LogP contribution >= 0.6 is 0 Å². The molecule has 4 aromatic rings. The lowest BCUT2D eigenvalue weighted by Gasteiger charge is -2.34. The van der Waals surface area contributed by atoms with E-state index >= 15 is 0 Å². The van der Waals surface area contributed by atoms with Gasteiger partial charge in [0.2, 0.25) is 41.4 Å². The quantitative estimate of drug-likeness (QED) is 0.0154. The van der Waals surface area contributed by atoms with Crippen LogP contribution in [0.25, 0.3) is 0 Å². The van der Waals surface area contributed by atoms with Gasteiger partial charge in [-0.2, -0.15) is 0 Å². The van der Waals surface area contributed by atoms with Gasteiger partial charge >= 0.3 is 17.9 Å². The van der Waals surface area contributed by atoms with Gasteiger partial charge in [-0.25, -0.2) is 0 Å². The number of nitrogens with zero attached hydrogens (tertiary/aromatic N) is 2. The largest absolute Gasteiger partial charge is 0.481 e. The Morgan fingerprint density at radius 2 is 0.591 bits per heavy atom. The molecule has 2 aliphatic rings. The number of halogens is 1. The van der Waals surface area contributed by atoms with Crippen LogP contribution in [-0.4, -0.2) is 224 Å². The molecule has 0 saturated carbocycles. The molecule has 4 aromatic carbocycles. The van der Waals surface area contributed by atoms with Crippen LogP contribution in [0.1, 0.15) is 173 Å². The Morgan fingerprint density at radius 1 is 0.330 bits per heavy atom. The number of carboxylic acids is 3. The number of aliphatic carboxylic acids is 3. The molecule has 7 amide bonds. The number of ketones is 2. The number of anilines is 2. The van der Waals surface area contributed by atoms with Gasteiger partial charge in [-0.1, -0.05) is 121 Å². The lowest BCUT2D eigenvalue weighted by atomic mass is 10.0. The molecule has 0 aromatic heterocycles. The summed E-state index contributed by atoms with van der Waals surface area (Å²) in [6, 6.07) is 30.3. The van der Waals surface area contributed by atoms with Crippen LogP contribution in [0.5, 0.6) is 0 Å². The minimum absolute atomic E-state index is 0. The van der Waals surface area contributed by atoms with Gasteiger partial charge in [-0.3, -0.25) is 62.2 Å². The molecule has 638 valence electrons. The second-order valence-electron chi connectivity index (χ2n) is 25.5. The highest BCUT2D eigenvalue weighted by Crippen LogP contribution is 2.29. The predicted octanol–water partition coefficient (Wildman–Crippen LogP) is 7.91. The Labute approximate surface area is 676 Å². The number of rotatable bonds is 52. The van der Waals surface area contributed by atoms with Gasteiger partial charge in [0.15, 0.2) is 0 Å². The van der Waals surface area contributed by atoms with Crippen LogP contribution in [0.4, 0.5) is 16.1 Å². The minimum Gasteiger partial charge on any atom is -0.481 e. The second kappa shape index (κ2) is 60.2. The number of carbonyl (C=O) groups excluding carboxylic acids is 9. The molecule has 0 radical (unpaired) electrons. The van der Waals surface area contributed by atoms with Crippen LogP contribution in [-0.2, 0) is 109 Å². The van der Waals surface area contributed by atoms with E-state index < -0.39 is 40.8 Å². The average Bonchev–Trinajstić information content (AvgIpc) is 0.809. The first kappa shape index (κ1) is 107. The van der Waals surface area contributed by atoms with Gasteiger partial charge in [-0.15, -0.1) is 0 Å². The number of ether oxygens (including phenoxy) is 8. The summed E-state index contributed by atoms with van der Waals surface area (Å²) in [6.07, 6.45) is 0.672. The van der Waals surface area contributed by atoms with Crippen molar-refractivity contribution in [3.05, 3.63) is 130 Å². The number of carboxylic acid groups (broad SMARTS) is 3. The molecule has 0 aliphatic carbocycles. The molecule has 115 heavy (non-hydrogen) atoms. The number of fused-ring (bicyclic) bond motifs is 4. The van der Waals surface area contributed by atoms with E-state index in [9.17, 15) is 57.5 Å². The topological polar surface area (TPSA) is 406 Å². The van der Waals surface area contributed by atoms with E-state index in [1.807, 2.05) is 97.1 Å². The highest BCUT2D eigenvalue weighted by molar-refractivity contribution is 5.98. The first-order chi connectivity index (χ1) is 52.6. The third kappa shape index (κ3) is 42.0. The van der Waals surface area contributed by atoms with Crippen molar-refractivity contribution in [1.82, 2.24) is 26.6 Å². The van der Waals surface area contributed by atoms with Crippen molar-refractivity contribution in [2.24, 2.45) is 0 Å². The van der Waals surface area contributed by atoms with E-state index in [1.165, 1.54) is 21.1 Å². The van der Waals surface area contributed by atoms with Crippen LogP contribution in [0.2, 0.25) is 0 Å². The van der Waals surface area contributed by atoms with Crippen molar-refractivity contribution >= 4 is 82.2 Å². The molecule has 6 rings (SSSR count). The maximum atomic E-state index is 13.4. The van der Waals surface area contributed by atoms with Crippen LogP contribution in [0.3, 0.4) is 0 Å². The molecule has 31 heteroatoms. The second-order valence-corrected chi connectivity index (χ2v) is 25.5. The summed E-state index contributed by atoms with van der Waals surface area (Å²) in [5, 5.41) is 40.0. The summed E-state index contributed by atoms with van der Waals surface area (Å²) < 4.78 is 45.0. The Morgan fingerprint density at radius 3 is 0.896 bits per heavy atom. The molecular weight excluding hydrogens is 1490 g/mol. The Bertz CT molecular complexity index is 3700. The van der Waals surface area contributed by atoms with Crippen LogP contribution < -0.4 is 36.4 Å². The summed E-state index contributed by atoms with van der Waals surface area (Å²) in [5.41, 5.74) is 3.87. The van der Waals surface area contributed by atoms with Gasteiger partial charge in [0.1, 0.15) is 22.6 Å². The molecule has 2 heterocycles. The predicted molar refractivity (Wildman–Crippen MR) is 434 cm³/mol. The molecule has 0 unspecified atom stereocenters. The van der Waals surface area contributed by atoms with E-state index in [0.29, 0.717) is 31.6 Å². The number of para-hydroxylation sites is 2. The first-order valence-corrected chi connectivity index (χ1v) is 36.1. The Balaban J connectivity index is 0. The van der Waals surface area contributed by atoms with E-state index in [2.05, 4.69) is 50.3 Å². The van der Waals surface area contributed by atoms with Crippen molar-refractivity contribution in [3.8, 4) is 23.7 Å². The normalized spacial score (nSPS) is 11.3. The fourth-order valence-corrected chi connectivity index (χ4v) is 10.8. The number of Topliss-reactive ketones (excluding diaryl/α,β-unsaturated/α-hetero) is 2. The van der Waals surface area contributed by atoms with Gasteiger partial charge < -0.3 is 89.6 Å². The first-order valence-electron chi connectivity index (χ1n) is 36.1. The van der Waals surface area contributed by atoms with E-state index in [1.54, 1.807) is 9.80 Å². The highest BCUT2D eigenvalue weighted by atomic mass is 19.0. The minimum atomic E-state index is -1.39. The molecular formula is C84H122FN7O23. The summed E-state index contributed by atoms with van der Waals surface area (Å²) in [4.78, 5) is 150. The number of hydrogen-bond donors (Lipinski definition) is 8. The molecule has 0 spiro atoms. The van der Waals surface area contributed by atoms with E-state index in [0.717, 1.165) is 39.1 Å². The summed E-state index contributed by atoms with van der Waals surface area (Å²) in [7, 11) is 4.55. The smallest absolute Gasteiger partial charge is 0.305 e. The average molecular weight is 1620 g/mol. The maximum Gasteiger partial charge on any atom is 0.305 e. The fourth-order valence-electron chi connectivity index (χ4n) is 10.8. The summed E-state index contributed by atoms with van der Waals surface area (Å²) in [6.45, 7) is -0.200. The number of hydrogen-bond acceptors (Lipinski definition) is 20. The van der Waals surface area contributed by atoms with Crippen LogP contribution in [0.15, 0.2) is 97.1 Å². The standard InChI is InChI=1S/C41H55N5O10.C38H46N2O13.5CH4.FH/c1-42-36(48)18-24-54-28-41(29-55-25-19-37(49)43-2,30-56-26-20-38(50)44-3)45-39(51)21-23-53-22-8-12-34(47)16-17-40(52)46-27-33-11-5-4-9-31(33)14-15-32-10-6-7-13-35(32)46;41-31(13-14-34(43)40-24-30-8-2-1-6-28(30)11-12-29-7-3-4-10-32(29)40)9-5-19-50-20-15-33(42)39-38(25-51-21-16-35(44)45,26-52-22-17-36(46)47)27-53-23-18-37(48)49;;;;;;/h4-7,9-11,13H,8,12,16-30H2,1-3H3,(H,42,48)(H,43,49)(H,44,50)(H,45,51);1-4,6-8,10H,5,9,13-27H2,(H,39,42)(H,44,45)(H,46,47)(H,48,49);5*1H4;1H. The number of amides is 7.